The maximum absolute atomic E-state index is 14.0. The smallest absolute Gasteiger partial charge is 0.293 e. The third kappa shape index (κ3) is 10.0. The molecule has 5 aromatic rings. The zero-order valence-electron chi connectivity index (χ0n) is 39.0. The Hall–Kier alpha value is -6.15. The number of hydrogen-bond donors (Lipinski definition) is 3. The van der Waals surface area contributed by atoms with E-state index >= 15 is 0 Å². The number of fused-ring (bicyclic) bond motifs is 1. The third-order valence-corrected chi connectivity index (χ3v) is 15.4. The van der Waals surface area contributed by atoms with Crippen LogP contribution in [0.5, 0.6) is 11.5 Å². The number of ether oxygens (including phenoxy) is 2. The number of carbonyl (C=O) groups is 2. The fourth-order valence-electron chi connectivity index (χ4n) is 10.6. The van der Waals surface area contributed by atoms with Crippen LogP contribution in [0.25, 0.3) is 11.0 Å². The number of nitro groups is 1. The molecule has 3 aliphatic heterocycles. The first-order valence-corrected chi connectivity index (χ1v) is 25.0. The molecule has 2 amide bonds. The molecule has 4 aliphatic rings. The van der Waals surface area contributed by atoms with Crippen LogP contribution in [0.1, 0.15) is 85.9 Å². The number of aromatic amines is 1. The molecular formula is C49H60N10O8S. The Bertz CT molecular complexity index is 2780. The van der Waals surface area contributed by atoms with Gasteiger partial charge in [0.25, 0.3) is 21.6 Å². The van der Waals surface area contributed by atoms with Gasteiger partial charge in [0.1, 0.15) is 17.1 Å². The number of benzene rings is 2. The van der Waals surface area contributed by atoms with Crippen LogP contribution in [0.2, 0.25) is 0 Å². The van der Waals surface area contributed by atoms with Crippen molar-refractivity contribution in [2.24, 2.45) is 5.41 Å². The highest BCUT2D eigenvalue weighted by atomic mass is 32.2. The van der Waals surface area contributed by atoms with Gasteiger partial charge >= 0.3 is 0 Å². The molecule has 18 nitrogen and oxygen atoms in total. The second kappa shape index (κ2) is 19.5. The Labute approximate surface area is 396 Å². The van der Waals surface area contributed by atoms with E-state index in [4.69, 9.17) is 9.47 Å². The number of aromatic nitrogens is 3. The van der Waals surface area contributed by atoms with Gasteiger partial charge in [-0.2, -0.15) is 0 Å². The van der Waals surface area contributed by atoms with Crippen LogP contribution < -0.4 is 19.7 Å². The number of nitrogens with zero attached hydrogens (tertiary/aromatic N) is 7. The highest BCUT2D eigenvalue weighted by Crippen LogP contribution is 2.54. The molecule has 2 unspecified atom stereocenters. The van der Waals surface area contributed by atoms with E-state index in [0.29, 0.717) is 42.5 Å². The van der Waals surface area contributed by atoms with Crippen molar-refractivity contribution in [3.63, 3.8) is 0 Å². The van der Waals surface area contributed by atoms with Crippen molar-refractivity contribution in [1.29, 1.82) is 0 Å². The lowest BCUT2D eigenvalue weighted by Crippen LogP contribution is -2.55. The monoisotopic (exact) mass is 948 g/mol. The summed E-state index contributed by atoms with van der Waals surface area (Å²) >= 11 is 0. The maximum atomic E-state index is 14.0. The van der Waals surface area contributed by atoms with Gasteiger partial charge in [-0.25, -0.2) is 23.1 Å². The first kappa shape index (κ1) is 46.9. The fraction of sp³-hybridized carbons (Fsp3) is 0.469. The van der Waals surface area contributed by atoms with Gasteiger partial charge in [-0.3, -0.25) is 24.6 Å². The van der Waals surface area contributed by atoms with Gasteiger partial charge in [0.2, 0.25) is 5.91 Å². The van der Waals surface area contributed by atoms with Crippen LogP contribution in [0.3, 0.4) is 0 Å². The summed E-state index contributed by atoms with van der Waals surface area (Å²) in [6.07, 6.45) is 11.1. The van der Waals surface area contributed by atoms with E-state index in [-0.39, 0.29) is 48.1 Å². The summed E-state index contributed by atoms with van der Waals surface area (Å²) in [6.45, 7) is 8.66. The standard InChI is InChI=1S/C49H60N10O8S/c1-32(2)39-8-5-6-9-40(39)42-10-7-17-58(42)35-25-49(26-35)14-18-56(19-15-49)34-23-44(67-36-22-33-13-16-50-47(33)53-28-36)46(52-27-34)48(61)54-68(64,65)38-11-12-41(43(24-38)59(62)63)51-29-37-30-57(20-21-66-37)45(60)31-55(3)4/h5-6,8-9,11-13,16,22-24,27-28,32,35,37,42,51H,7,10,14-15,17-21,25-26,29-31H2,1-4H3,(H,50,53)(H,54,61). The van der Waals surface area contributed by atoms with Gasteiger partial charge in [0, 0.05) is 68.5 Å². The number of piperidine rings is 1. The minimum Gasteiger partial charge on any atom is -0.453 e. The molecule has 2 aromatic carbocycles. The number of likely N-dealkylation sites (tertiary alicyclic amines) is 1. The lowest BCUT2D eigenvalue weighted by atomic mass is 9.59. The van der Waals surface area contributed by atoms with Crippen LogP contribution >= 0.6 is 0 Å². The van der Waals surface area contributed by atoms with E-state index in [1.165, 1.54) is 55.1 Å². The lowest BCUT2D eigenvalue weighted by Gasteiger charge is -2.56. The van der Waals surface area contributed by atoms with Gasteiger partial charge < -0.3 is 34.5 Å². The molecule has 2 atom stereocenters. The van der Waals surface area contributed by atoms with Crippen molar-refractivity contribution in [3.8, 4) is 11.5 Å². The Balaban J connectivity index is 0.883. The summed E-state index contributed by atoms with van der Waals surface area (Å²) in [6, 6.07) is 18.6. The van der Waals surface area contributed by atoms with Crippen molar-refractivity contribution in [1.82, 2.24) is 34.4 Å². The Morgan fingerprint density at radius 1 is 1.03 bits per heavy atom. The molecule has 1 saturated carbocycles. The predicted octanol–water partition coefficient (Wildman–Crippen LogP) is 6.69. The van der Waals surface area contributed by atoms with Crippen LogP contribution in [-0.4, -0.2) is 133 Å². The van der Waals surface area contributed by atoms with Crippen LogP contribution in [0.4, 0.5) is 17.1 Å². The van der Waals surface area contributed by atoms with Gasteiger partial charge in [0.15, 0.2) is 11.4 Å². The number of nitro benzene ring substituents is 1. The minimum atomic E-state index is -4.66. The number of likely N-dealkylation sites (N-methyl/N-ethyl adjacent to an activating group) is 1. The molecule has 0 bridgehead atoms. The molecule has 3 aromatic heterocycles. The van der Waals surface area contributed by atoms with E-state index in [1.54, 1.807) is 48.4 Å². The summed E-state index contributed by atoms with van der Waals surface area (Å²) in [5.41, 5.74) is 3.81. The number of anilines is 2. The average molecular weight is 949 g/mol. The molecule has 3 N–H and O–H groups in total. The molecule has 19 heteroatoms. The quantitative estimate of drug-likeness (QED) is 0.0739. The number of morpholine rings is 1. The summed E-state index contributed by atoms with van der Waals surface area (Å²) < 4.78 is 41.7. The molecule has 9 rings (SSSR count). The highest BCUT2D eigenvalue weighted by Gasteiger charge is 2.50. The van der Waals surface area contributed by atoms with Crippen LogP contribution in [0.15, 0.2) is 84.1 Å². The molecular weight excluding hydrogens is 889 g/mol. The molecule has 360 valence electrons. The zero-order chi connectivity index (χ0) is 47.7. The normalized spacial score (nSPS) is 20.0. The van der Waals surface area contributed by atoms with Crippen molar-refractivity contribution >= 4 is 49.9 Å². The summed E-state index contributed by atoms with van der Waals surface area (Å²) in [4.78, 5) is 58.1. The van der Waals surface area contributed by atoms with Crippen molar-refractivity contribution in [3.05, 3.63) is 106 Å². The average Bonchev–Trinajstić information content (AvgIpc) is 4.00. The molecule has 6 heterocycles. The predicted molar refractivity (Wildman–Crippen MR) is 258 cm³/mol. The van der Waals surface area contributed by atoms with E-state index in [9.17, 15) is 28.1 Å². The Kier molecular flexibility index (Phi) is 13.4. The number of sulfonamides is 1. The molecule has 4 fully saturated rings. The van der Waals surface area contributed by atoms with Gasteiger partial charge in [-0.1, -0.05) is 38.1 Å². The second-order valence-corrected chi connectivity index (χ2v) is 21.0. The number of rotatable bonds is 15. The molecule has 0 radical (unpaired) electrons. The number of nitrogens with one attached hydrogen (secondary N) is 3. The van der Waals surface area contributed by atoms with Crippen LogP contribution in [0, 0.1) is 15.5 Å². The molecule has 1 aliphatic carbocycles. The highest BCUT2D eigenvalue weighted by molar-refractivity contribution is 7.90. The number of H-pyrrole nitrogens is 1. The van der Waals surface area contributed by atoms with Gasteiger partial charge in [-0.15, -0.1) is 0 Å². The Morgan fingerprint density at radius 2 is 1.82 bits per heavy atom. The first-order valence-electron chi connectivity index (χ1n) is 23.5. The summed E-state index contributed by atoms with van der Waals surface area (Å²) in [5, 5.41) is 16.0. The second-order valence-electron chi connectivity index (χ2n) is 19.3. The van der Waals surface area contributed by atoms with E-state index in [1.807, 2.05) is 6.07 Å². The minimum absolute atomic E-state index is 0.0232. The molecule has 68 heavy (non-hydrogen) atoms. The Morgan fingerprint density at radius 3 is 2.59 bits per heavy atom. The molecule has 3 saturated heterocycles. The summed E-state index contributed by atoms with van der Waals surface area (Å²) in [5.74, 6) is -0.319. The van der Waals surface area contributed by atoms with E-state index < -0.39 is 37.5 Å². The summed E-state index contributed by atoms with van der Waals surface area (Å²) in [7, 11) is -1.05. The topological polar surface area (TPSA) is 208 Å². The molecule has 1 spiro atoms. The maximum Gasteiger partial charge on any atom is 0.293 e. The van der Waals surface area contributed by atoms with Crippen molar-refractivity contribution in [2.45, 2.75) is 81.4 Å². The lowest BCUT2D eigenvalue weighted by molar-refractivity contribution is -0.384. The van der Waals surface area contributed by atoms with Gasteiger partial charge in [0.05, 0.1) is 47.2 Å². The van der Waals surface area contributed by atoms with E-state index in [0.717, 1.165) is 49.6 Å². The number of pyridine rings is 2. The van der Waals surface area contributed by atoms with Crippen LogP contribution in [-0.2, 0) is 19.6 Å². The van der Waals surface area contributed by atoms with Crippen molar-refractivity contribution < 1.29 is 32.4 Å². The van der Waals surface area contributed by atoms with E-state index in [2.05, 4.69) is 72.9 Å². The van der Waals surface area contributed by atoms with Gasteiger partial charge in [-0.05, 0) is 106 Å². The fourth-order valence-corrected chi connectivity index (χ4v) is 11.5. The SMILES string of the molecule is CC(C)c1ccccc1C1CCCN1C1CC2(CCN(c3cnc(C(=O)NS(=O)(=O)c4ccc(NCC5CN(C(=O)CN(C)C)CCO5)c([N+](=O)[O-])c4)c(Oc4cnc5[nH]ccc5c4)c3)CC2)C1. The number of carbonyl (C=O) groups excluding carboxylic acids is 2. The van der Waals surface area contributed by atoms with Crippen molar-refractivity contribution in [2.75, 3.05) is 76.7 Å². The third-order valence-electron chi connectivity index (χ3n) is 14.1. The zero-order valence-corrected chi connectivity index (χ0v) is 39.8. The number of hydrogen-bond acceptors (Lipinski definition) is 14. The first-order chi connectivity index (χ1) is 32.6. The largest absolute Gasteiger partial charge is 0.453 e. The number of amides is 2.